The zero-order valence-corrected chi connectivity index (χ0v) is 9.49. The van der Waals surface area contributed by atoms with Crippen molar-refractivity contribution in [1.29, 1.82) is 0 Å². The van der Waals surface area contributed by atoms with Gasteiger partial charge in [0.15, 0.2) is 5.84 Å². The SMILES string of the molecule is NC(=NO)C1CN(Cc2ccccn2)CCO1. The van der Waals surface area contributed by atoms with Gasteiger partial charge in [0.05, 0.1) is 12.3 Å². The van der Waals surface area contributed by atoms with Crippen LogP contribution in [0.3, 0.4) is 0 Å². The molecule has 0 radical (unpaired) electrons. The number of pyridine rings is 1. The predicted molar refractivity (Wildman–Crippen MR) is 62.7 cm³/mol. The van der Waals surface area contributed by atoms with Crippen LogP contribution in [0.1, 0.15) is 5.69 Å². The minimum absolute atomic E-state index is 0.121. The normalized spacial score (nSPS) is 22.6. The molecule has 1 aliphatic heterocycles. The van der Waals surface area contributed by atoms with Crippen molar-refractivity contribution in [2.75, 3.05) is 19.7 Å². The van der Waals surface area contributed by atoms with Gasteiger partial charge in [-0.3, -0.25) is 9.88 Å². The standard InChI is InChI=1S/C11H16N4O2/c12-11(14-16)10-8-15(5-6-17-10)7-9-3-1-2-4-13-9/h1-4,10,16H,5-8H2,(H2,12,14). The number of rotatable bonds is 3. The molecule has 6 heteroatoms. The number of nitrogens with zero attached hydrogens (tertiary/aromatic N) is 3. The summed E-state index contributed by atoms with van der Waals surface area (Å²) in [5, 5.41) is 11.6. The first kappa shape index (κ1) is 11.8. The van der Waals surface area contributed by atoms with Gasteiger partial charge >= 0.3 is 0 Å². The summed E-state index contributed by atoms with van der Waals surface area (Å²) in [6, 6.07) is 5.83. The summed E-state index contributed by atoms with van der Waals surface area (Å²) in [6.07, 6.45) is 1.44. The topological polar surface area (TPSA) is 84.0 Å². The summed E-state index contributed by atoms with van der Waals surface area (Å²) < 4.78 is 5.42. The lowest BCUT2D eigenvalue weighted by atomic mass is 10.2. The average molecular weight is 236 g/mol. The predicted octanol–water partition coefficient (Wildman–Crippen LogP) is 0.0288. The fraction of sp³-hybridized carbons (Fsp3) is 0.455. The number of morpholine rings is 1. The molecule has 1 aromatic heterocycles. The van der Waals surface area contributed by atoms with Crippen LogP contribution in [0.4, 0.5) is 0 Å². The molecule has 0 amide bonds. The van der Waals surface area contributed by atoms with Crippen LogP contribution in [-0.2, 0) is 11.3 Å². The first-order valence-corrected chi connectivity index (χ1v) is 5.51. The zero-order valence-electron chi connectivity index (χ0n) is 9.49. The highest BCUT2D eigenvalue weighted by atomic mass is 16.5. The van der Waals surface area contributed by atoms with Gasteiger partial charge in [-0.1, -0.05) is 11.2 Å². The number of oxime groups is 1. The molecule has 0 aromatic carbocycles. The molecule has 17 heavy (non-hydrogen) atoms. The summed E-state index contributed by atoms with van der Waals surface area (Å²) in [7, 11) is 0. The summed E-state index contributed by atoms with van der Waals surface area (Å²) in [6.45, 7) is 2.77. The Bertz CT molecular complexity index is 382. The maximum atomic E-state index is 8.62. The Morgan fingerprint density at radius 2 is 2.53 bits per heavy atom. The second-order valence-electron chi connectivity index (χ2n) is 3.94. The molecule has 1 fully saturated rings. The molecule has 1 aromatic rings. The Morgan fingerprint density at radius 1 is 1.65 bits per heavy atom. The van der Waals surface area contributed by atoms with Crippen LogP contribution in [0.25, 0.3) is 0 Å². The molecule has 0 saturated carbocycles. The van der Waals surface area contributed by atoms with Crippen LogP contribution in [-0.4, -0.2) is 46.7 Å². The summed E-state index contributed by atoms with van der Waals surface area (Å²) in [5.74, 6) is 0.121. The van der Waals surface area contributed by atoms with Crippen LogP contribution in [0.5, 0.6) is 0 Å². The molecule has 0 aliphatic carbocycles. The lowest BCUT2D eigenvalue weighted by Crippen LogP contribution is -2.48. The van der Waals surface area contributed by atoms with Crippen molar-refractivity contribution in [2.24, 2.45) is 10.9 Å². The Hall–Kier alpha value is -1.66. The fourth-order valence-corrected chi connectivity index (χ4v) is 1.81. The molecular formula is C11H16N4O2. The number of hydrogen-bond donors (Lipinski definition) is 2. The molecule has 1 aliphatic rings. The van der Waals surface area contributed by atoms with Gasteiger partial charge in [-0.15, -0.1) is 0 Å². The molecule has 6 nitrogen and oxygen atoms in total. The average Bonchev–Trinajstić information content (AvgIpc) is 2.39. The first-order chi connectivity index (χ1) is 8.29. The number of hydrogen-bond acceptors (Lipinski definition) is 5. The highest BCUT2D eigenvalue weighted by molar-refractivity contribution is 5.84. The fourth-order valence-electron chi connectivity index (χ4n) is 1.81. The lowest BCUT2D eigenvalue weighted by Gasteiger charge is -2.31. The van der Waals surface area contributed by atoms with Crippen LogP contribution >= 0.6 is 0 Å². The number of amidine groups is 1. The van der Waals surface area contributed by atoms with Crippen LogP contribution in [0.15, 0.2) is 29.6 Å². The Morgan fingerprint density at radius 3 is 3.24 bits per heavy atom. The number of ether oxygens (including phenoxy) is 1. The lowest BCUT2D eigenvalue weighted by molar-refractivity contribution is 0.000977. The van der Waals surface area contributed by atoms with E-state index in [-0.39, 0.29) is 11.9 Å². The van der Waals surface area contributed by atoms with E-state index in [0.717, 1.165) is 18.8 Å². The first-order valence-electron chi connectivity index (χ1n) is 5.51. The molecule has 1 saturated heterocycles. The van der Waals surface area contributed by atoms with Crippen molar-refractivity contribution in [3.63, 3.8) is 0 Å². The van der Waals surface area contributed by atoms with Crippen molar-refractivity contribution in [1.82, 2.24) is 9.88 Å². The van der Waals surface area contributed by atoms with Crippen LogP contribution in [0.2, 0.25) is 0 Å². The second-order valence-corrected chi connectivity index (χ2v) is 3.94. The van der Waals surface area contributed by atoms with E-state index in [1.165, 1.54) is 0 Å². The largest absolute Gasteiger partial charge is 0.409 e. The Kier molecular flexibility index (Phi) is 3.89. The van der Waals surface area contributed by atoms with Crippen molar-refractivity contribution in [2.45, 2.75) is 12.6 Å². The molecule has 2 rings (SSSR count). The smallest absolute Gasteiger partial charge is 0.169 e. The highest BCUT2D eigenvalue weighted by Crippen LogP contribution is 2.09. The third kappa shape index (κ3) is 3.15. The van der Waals surface area contributed by atoms with E-state index in [0.29, 0.717) is 13.2 Å². The van der Waals surface area contributed by atoms with Crippen molar-refractivity contribution in [3.05, 3.63) is 30.1 Å². The van der Waals surface area contributed by atoms with E-state index in [1.807, 2.05) is 18.2 Å². The summed E-state index contributed by atoms with van der Waals surface area (Å²) in [4.78, 5) is 6.44. The molecule has 92 valence electrons. The molecular weight excluding hydrogens is 220 g/mol. The van der Waals surface area contributed by atoms with E-state index < -0.39 is 0 Å². The monoisotopic (exact) mass is 236 g/mol. The molecule has 1 unspecified atom stereocenters. The van der Waals surface area contributed by atoms with E-state index in [2.05, 4.69) is 15.0 Å². The maximum Gasteiger partial charge on any atom is 0.169 e. The molecule has 2 heterocycles. The van der Waals surface area contributed by atoms with Gasteiger partial charge in [0.2, 0.25) is 0 Å². The van der Waals surface area contributed by atoms with Crippen LogP contribution < -0.4 is 5.73 Å². The maximum absolute atomic E-state index is 8.62. The summed E-state index contributed by atoms with van der Waals surface area (Å²) >= 11 is 0. The van der Waals surface area contributed by atoms with Crippen molar-refractivity contribution < 1.29 is 9.94 Å². The number of nitrogens with two attached hydrogens (primary N) is 1. The Balaban J connectivity index is 1.94. The quantitative estimate of drug-likeness (QED) is 0.335. The minimum atomic E-state index is -0.336. The third-order valence-electron chi connectivity index (χ3n) is 2.71. The van der Waals surface area contributed by atoms with Gasteiger partial charge in [-0.25, -0.2) is 0 Å². The van der Waals surface area contributed by atoms with Gasteiger partial charge in [0, 0.05) is 25.8 Å². The van der Waals surface area contributed by atoms with E-state index in [9.17, 15) is 0 Å². The van der Waals surface area contributed by atoms with Gasteiger partial charge < -0.3 is 15.7 Å². The van der Waals surface area contributed by atoms with E-state index in [1.54, 1.807) is 6.20 Å². The van der Waals surface area contributed by atoms with Crippen LogP contribution in [0, 0.1) is 0 Å². The molecule has 3 N–H and O–H groups in total. The second kappa shape index (κ2) is 5.60. The summed E-state index contributed by atoms with van der Waals surface area (Å²) in [5.41, 5.74) is 6.54. The van der Waals surface area contributed by atoms with E-state index in [4.69, 9.17) is 15.7 Å². The molecule has 0 spiro atoms. The Labute approximate surface area is 99.7 Å². The molecule has 1 atom stereocenters. The van der Waals surface area contributed by atoms with Gasteiger partial charge in [0.1, 0.15) is 6.10 Å². The zero-order chi connectivity index (χ0) is 12.1. The number of aromatic nitrogens is 1. The van der Waals surface area contributed by atoms with Gasteiger partial charge in [-0.2, -0.15) is 0 Å². The van der Waals surface area contributed by atoms with Crippen molar-refractivity contribution >= 4 is 5.84 Å². The highest BCUT2D eigenvalue weighted by Gasteiger charge is 2.23. The minimum Gasteiger partial charge on any atom is -0.409 e. The van der Waals surface area contributed by atoms with Gasteiger partial charge in [0.25, 0.3) is 0 Å². The molecule has 0 bridgehead atoms. The van der Waals surface area contributed by atoms with E-state index >= 15 is 0 Å². The van der Waals surface area contributed by atoms with Crippen molar-refractivity contribution in [3.8, 4) is 0 Å². The van der Waals surface area contributed by atoms with Gasteiger partial charge in [-0.05, 0) is 12.1 Å². The third-order valence-corrected chi connectivity index (χ3v) is 2.71.